The molecule has 2 aromatic rings. The Labute approximate surface area is 152 Å². The molecule has 1 aliphatic heterocycles. The highest BCUT2D eigenvalue weighted by Gasteiger charge is 2.20. The van der Waals surface area contributed by atoms with Crippen molar-refractivity contribution in [2.45, 2.75) is 11.8 Å². The molecule has 0 saturated carbocycles. The van der Waals surface area contributed by atoms with E-state index in [0.717, 1.165) is 11.8 Å². The third kappa shape index (κ3) is 3.88. The van der Waals surface area contributed by atoms with Gasteiger partial charge in [-0.05, 0) is 43.3 Å². The molecule has 136 valence electrons. The van der Waals surface area contributed by atoms with Crippen LogP contribution < -0.4 is 14.8 Å². The van der Waals surface area contributed by atoms with Crippen molar-refractivity contribution in [2.24, 2.45) is 0 Å². The summed E-state index contributed by atoms with van der Waals surface area (Å²) in [5, 5.41) is 2.75. The Hall–Kier alpha value is -2.80. The van der Waals surface area contributed by atoms with Crippen LogP contribution in [0.25, 0.3) is 6.08 Å². The number of carbonyl (C=O) groups excluding carboxylic acids is 1. The number of benzene rings is 2. The summed E-state index contributed by atoms with van der Waals surface area (Å²) < 4.78 is 34.2. The quantitative estimate of drug-likeness (QED) is 0.871. The maximum absolute atomic E-state index is 12.5. The first-order valence-electron chi connectivity index (χ1n) is 8.09. The highest BCUT2D eigenvalue weighted by atomic mass is 32.2. The molecule has 1 N–H and O–H groups in total. The van der Waals surface area contributed by atoms with Crippen LogP contribution in [0.1, 0.15) is 12.5 Å². The number of sulfone groups is 1. The second-order valence-corrected chi connectivity index (χ2v) is 7.83. The number of hydrogen-bond acceptors (Lipinski definition) is 5. The average Bonchev–Trinajstić information content (AvgIpc) is 2.61. The number of ether oxygens (including phenoxy) is 2. The summed E-state index contributed by atoms with van der Waals surface area (Å²) in [5.74, 6) is 0.977. The lowest BCUT2D eigenvalue weighted by molar-refractivity contribution is -0.113. The minimum Gasteiger partial charge on any atom is -0.490 e. The summed E-state index contributed by atoms with van der Waals surface area (Å²) in [7, 11) is -3.27. The highest BCUT2D eigenvalue weighted by Crippen LogP contribution is 2.35. The van der Waals surface area contributed by atoms with Crippen LogP contribution in [0, 0.1) is 0 Å². The Bertz CT molecular complexity index is 962. The molecule has 0 saturated heterocycles. The predicted octanol–water partition coefficient (Wildman–Crippen LogP) is 2.90. The molecule has 1 aliphatic rings. The zero-order valence-electron chi connectivity index (χ0n) is 14.5. The van der Waals surface area contributed by atoms with E-state index in [1.807, 2.05) is 25.1 Å². The predicted molar refractivity (Wildman–Crippen MR) is 99.3 cm³/mol. The molecule has 0 aliphatic carbocycles. The number of nitrogens with one attached hydrogen (secondary N) is 1. The van der Waals surface area contributed by atoms with Crippen molar-refractivity contribution in [2.75, 3.05) is 24.8 Å². The maximum Gasteiger partial charge on any atom is 0.255 e. The number of para-hydroxylation sites is 1. The minimum atomic E-state index is -3.27. The molecule has 0 fully saturated rings. The second-order valence-electron chi connectivity index (χ2n) is 5.82. The number of carbonyl (C=O) groups is 1. The number of fused-ring (bicyclic) bond motifs is 1. The summed E-state index contributed by atoms with van der Waals surface area (Å²) in [6.07, 6.45) is 2.90. The fourth-order valence-electron chi connectivity index (χ4n) is 2.58. The van der Waals surface area contributed by atoms with Gasteiger partial charge in [0.25, 0.3) is 5.91 Å². The van der Waals surface area contributed by atoms with Crippen molar-refractivity contribution in [3.63, 3.8) is 0 Å². The van der Waals surface area contributed by atoms with Gasteiger partial charge >= 0.3 is 0 Å². The topological polar surface area (TPSA) is 81.7 Å². The van der Waals surface area contributed by atoms with E-state index in [1.165, 1.54) is 12.1 Å². The van der Waals surface area contributed by atoms with E-state index in [9.17, 15) is 13.2 Å². The Morgan fingerprint density at radius 3 is 2.58 bits per heavy atom. The monoisotopic (exact) mass is 373 g/mol. The molecule has 2 aromatic carbocycles. The van der Waals surface area contributed by atoms with Crippen molar-refractivity contribution < 1.29 is 22.7 Å². The highest BCUT2D eigenvalue weighted by molar-refractivity contribution is 7.90. The van der Waals surface area contributed by atoms with E-state index in [1.54, 1.807) is 18.2 Å². The fraction of sp³-hybridized carbons (Fsp3) is 0.211. The molecular formula is C19H19NO5S. The molecule has 7 heteroatoms. The van der Waals surface area contributed by atoms with Gasteiger partial charge in [-0.3, -0.25) is 4.79 Å². The summed E-state index contributed by atoms with van der Waals surface area (Å²) in [5.41, 5.74) is 1.76. The summed E-state index contributed by atoms with van der Waals surface area (Å²) >= 11 is 0. The summed E-state index contributed by atoms with van der Waals surface area (Å²) in [6.45, 7) is 2.55. The van der Waals surface area contributed by atoms with Gasteiger partial charge < -0.3 is 14.8 Å². The Morgan fingerprint density at radius 2 is 1.92 bits per heavy atom. The lowest BCUT2D eigenvalue weighted by Gasteiger charge is -2.20. The Morgan fingerprint density at radius 1 is 1.19 bits per heavy atom. The molecule has 0 bridgehead atoms. The largest absolute Gasteiger partial charge is 0.490 e. The SMILES string of the molecule is CCOc1cccc2c1OCC(C(=O)Nc1ccc(S(C)(=O)=O)cc1)=C2. The molecule has 0 radical (unpaired) electrons. The normalized spacial score (nSPS) is 13.2. The fourth-order valence-corrected chi connectivity index (χ4v) is 3.21. The molecule has 0 aromatic heterocycles. The van der Waals surface area contributed by atoms with Gasteiger partial charge in [-0.2, -0.15) is 0 Å². The van der Waals surface area contributed by atoms with Crippen LogP contribution in [0.5, 0.6) is 11.5 Å². The molecule has 1 heterocycles. The van der Waals surface area contributed by atoms with Crippen LogP contribution in [0.4, 0.5) is 5.69 Å². The lowest BCUT2D eigenvalue weighted by Crippen LogP contribution is -2.21. The third-order valence-electron chi connectivity index (χ3n) is 3.84. The average molecular weight is 373 g/mol. The molecule has 6 nitrogen and oxygen atoms in total. The van der Waals surface area contributed by atoms with Gasteiger partial charge in [0.15, 0.2) is 21.3 Å². The Balaban J connectivity index is 1.78. The van der Waals surface area contributed by atoms with Crippen LogP contribution in [0.2, 0.25) is 0 Å². The first-order chi connectivity index (χ1) is 12.4. The van der Waals surface area contributed by atoms with Crippen LogP contribution in [-0.4, -0.2) is 33.8 Å². The lowest BCUT2D eigenvalue weighted by atomic mass is 10.1. The van der Waals surface area contributed by atoms with Gasteiger partial charge in [0.1, 0.15) is 6.61 Å². The van der Waals surface area contributed by atoms with Crippen LogP contribution in [0.3, 0.4) is 0 Å². The zero-order chi connectivity index (χ0) is 18.7. The summed E-state index contributed by atoms with van der Waals surface area (Å²) in [4.78, 5) is 12.7. The maximum atomic E-state index is 12.5. The van der Waals surface area contributed by atoms with Crippen molar-refractivity contribution in [1.82, 2.24) is 0 Å². The first-order valence-corrected chi connectivity index (χ1v) is 9.98. The molecule has 0 unspecified atom stereocenters. The van der Waals surface area contributed by atoms with E-state index >= 15 is 0 Å². The number of anilines is 1. The van der Waals surface area contributed by atoms with E-state index in [0.29, 0.717) is 29.4 Å². The van der Waals surface area contributed by atoms with Crippen LogP contribution in [0.15, 0.2) is 52.9 Å². The summed E-state index contributed by atoms with van der Waals surface area (Å²) in [6, 6.07) is 11.5. The third-order valence-corrected chi connectivity index (χ3v) is 4.97. The number of hydrogen-bond donors (Lipinski definition) is 1. The zero-order valence-corrected chi connectivity index (χ0v) is 15.3. The van der Waals surface area contributed by atoms with Crippen molar-refractivity contribution >= 4 is 27.5 Å². The molecule has 0 spiro atoms. The van der Waals surface area contributed by atoms with Crippen LogP contribution in [-0.2, 0) is 14.6 Å². The van der Waals surface area contributed by atoms with Gasteiger partial charge in [-0.25, -0.2) is 8.42 Å². The first kappa shape index (κ1) is 18.0. The molecule has 26 heavy (non-hydrogen) atoms. The van der Waals surface area contributed by atoms with E-state index in [4.69, 9.17) is 9.47 Å². The van der Waals surface area contributed by atoms with E-state index < -0.39 is 9.84 Å². The van der Waals surface area contributed by atoms with Gasteiger partial charge in [0, 0.05) is 17.5 Å². The van der Waals surface area contributed by atoms with E-state index in [-0.39, 0.29) is 17.4 Å². The molecule has 0 atom stereocenters. The van der Waals surface area contributed by atoms with Crippen LogP contribution >= 0.6 is 0 Å². The molecule has 1 amide bonds. The van der Waals surface area contributed by atoms with Crippen molar-refractivity contribution in [1.29, 1.82) is 0 Å². The van der Waals surface area contributed by atoms with E-state index in [2.05, 4.69) is 5.32 Å². The molecular weight excluding hydrogens is 354 g/mol. The second kappa shape index (κ2) is 7.21. The standard InChI is InChI=1S/C19H19NO5S/c1-3-24-17-6-4-5-13-11-14(12-25-18(13)17)19(21)20-15-7-9-16(10-8-15)26(2,22)23/h4-11H,3,12H2,1-2H3,(H,20,21). The van der Waals surface area contributed by atoms with Gasteiger partial charge in [-0.15, -0.1) is 0 Å². The smallest absolute Gasteiger partial charge is 0.255 e. The number of rotatable bonds is 5. The Kier molecular flexibility index (Phi) is 4.99. The van der Waals surface area contributed by atoms with Crippen molar-refractivity contribution in [3.05, 3.63) is 53.6 Å². The van der Waals surface area contributed by atoms with Gasteiger partial charge in [-0.1, -0.05) is 12.1 Å². The van der Waals surface area contributed by atoms with Crippen molar-refractivity contribution in [3.8, 4) is 11.5 Å². The minimum absolute atomic E-state index is 0.129. The number of amides is 1. The van der Waals surface area contributed by atoms with Gasteiger partial charge in [0.05, 0.1) is 17.1 Å². The van der Waals surface area contributed by atoms with Gasteiger partial charge in [0.2, 0.25) is 0 Å². The molecule has 3 rings (SSSR count).